The Hall–Kier alpha value is -1.59. The minimum atomic E-state index is 0.431. The van der Waals surface area contributed by atoms with Crippen LogP contribution in [0.1, 0.15) is 52.0 Å². The van der Waals surface area contributed by atoms with E-state index in [1.165, 1.54) is 18.5 Å². The molecule has 0 saturated heterocycles. The fourth-order valence-corrected chi connectivity index (χ4v) is 2.96. The smallest absolute Gasteiger partial charge is 0.191 e. The van der Waals surface area contributed by atoms with Crippen LogP contribution in [0.4, 0.5) is 0 Å². The summed E-state index contributed by atoms with van der Waals surface area (Å²) in [6.07, 6.45) is 4.50. The Kier molecular flexibility index (Phi) is 13.4. The average Bonchev–Trinajstić information content (AvgIpc) is 2.70. The first-order valence-corrected chi connectivity index (χ1v) is 10.5. The summed E-state index contributed by atoms with van der Waals surface area (Å²) < 4.78 is 5.72. The fourth-order valence-electron chi connectivity index (χ4n) is 2.96. The van der Waals surface area contributed by atoms with Gasteiger partial charge in [0.2, 0.25) is 0 Å². The summed E-state index contributed by atoms with van der Waals surface area (Å²) in [5.41, 5.74) is 1.23. The number of hydrogen-bond donors (Lipinski definition) is 2. The van der Waals surface area contributed by atoms with Crippen LogP contribution in [0.15, 0.2) is 35.3 Å². The predicted molar refractivity (Wildman–Crippen MR) is 116 cm³/mol. The minimum absolute atomic E-state index is 0.431. The van der Waals surface area contributed by atoms with Gasteiger partial charge in [0, 0.05) is 26.2 Å². The number of guanidine groups is 1. The first kappa shape index (κ1) is 23.4. The molecule has 0 spiro atoms. The van der Waals surface area contributed by atoms with E-state index in [0.29, 0.717) is 12.6 Å². The number of unbranched alkanes of at least 4 members (excludes halogenated alkanes) is 1. The molecule has 0 aromatic heterocycles. The van der Waals surface area contributed by atoms with Crippen LogP contribution in [-0.4, -0.2) is 56.7 Å². The van der Waals surface area contributed by atoms with E-state index in [1.807, 2.05) is 25.2 Å². The lowest BCUT2D eigenvalue weighted by atomic mass is 10.2. The van der Waals surface area contributed by atoms with Gasteiger partial charge in [-0.1, -0.05) is 44.2 Å². The number of nitrogens with one attached hydrogen (secondary N) is 2. The van der Waals surface area contributed by atoms with Crippen molar-refractivity contribution in [2.45, 2.75) is 59.1 Å². The Morgan fingerprint density at radius 1 is 1.11 bits per heavy atom. The standard InChI is InChI=1S/C22H40N4O/c1-5-26(6-2)17-12-13-20(3)25-22(23-4)24-16-10-11-18-27-19-21-14-8-7-9-15-21/h7-9,14-15,20H,5-6,10-13,16-19H2,1-4H3,(H2,23,24,25). The van der Waals surface area contributed by atoms with Gasteiger partial charge in [-0.05, 0) is 57.8 Å². The van der Waals surface area contributed by atoms with Crippen LogP contribution in [0.5, 0.6) is 0 Å². The summed E-state index contributed by atoms with van der Waals surface area (Å²) in [5, 5.41) is 6.89. The van der Waals surface area contributed by atoms with Crippen molar-refractivity contribution in [3.05, 3.63) is 35.9 Å². The topological polar surface area (TPSA) is 48.9 Å². The van der Waals surface area contributed by atoms with Gasteiger partial charge in [-0.2, -0.15) is 0 Å². The van der Waals surface area contributed by atoms with Gasteiger partial charge in [-0.15, -0.1) is 0 Å². The van der Waals surface area contributed by atoms with Crippen LogP contribution in [0.3, 0.4) is 0 Å². The van der Waals surface area contributed by atoms with Crippen molar-refractivity contribution >= 4 is 5.96 Å². The highest BCUT2D eigenvalue weighted by molar-refractivity contribution is 5.79. The quantitative estimate of drug-likeness (QED) is 0.296. The van der Waals surface area contributed by atoms with E-state index in [0.717, 1.165) is 51.5 Å². The van der Waals surface area contributed by atoms with E-state index >= 15 is 0 Å². The maximum atomic E-state index is 5.72. The van der Waals surface area contributed by atoms with Crippen LogP contribution in [0.2, 0.25) is 0 Å². The van der Waals surface area contributed by atoms with Gasteiger partial charge in [0.1, 0.15) is 0 Å². The molecule has 0 amide bonds. The highest BCUT2D eigenvalue weighted by Crippen LogP contribution is 2.02. The van der Waals surface area contributed by atoms with Crippen LogP contribution < -0.4 is 10.6 Å². The molecule has 5 heteroatoms. The summed E-state index contributed by atoms with van der Waals surface area (Å²) in [5.74, 6) is 0.899. The molecule has 1 rings (SSSR count). The molecule has 0 heterocycles. The fraction of sp³-hybridized carbons (Fsp3) is 0.682. The van der Waals surface area contributed by atoms with Crippen molar-refractivity contribution in [3.63, 3.8) is 0 Å². The van der Waals surface area contributed by atoms with E-state index in [-0.39, 0.29) is 0 Å². The van der Waals surface area contributed by atoms with Crippen molar-refractivity contribution in [1.29, 1.82) is 0 Å². The van der Waals surface area contributed by atoms with Gasteiger partial charge in [0.25, 0.3) is 0 Å². The number of nitrogens with zero attached hydrogens (tertiary/aromatic N) is 2. The number of rotatable bonds is 14. The van der Waals surface area contributed by atoms with Crippen LogP contribution in [-0.2, 0) is 11.3 Å². The molecule has 0 fully saturated rings. The first-order valence-electron chi connectivity index (χ1n) is 10.5. The molecule has 0 aliphatic heterocycles. The second-order valence-electron chi connectivity index (χ2n) is 6.96. The van der Waals surface area contributed by atoms with Crippen molar-refractivity contribution in [2.75, 3.05) is 39.8 Å². The third-order valence-corrected chi connectivity index (χ3v) is 4.73. The van der Waals surface area contributed by atoms with E-state index in [9.17, 15) is 0 Å². The number of ether oxygens (including phenoxy) is 1. The Labute approximate surface area is 166 Å². The number of aliphatic imine (C=N–C) groups is 1. The lowest BCUT2D eigenvalue weighted by molar-refractivity contribution is 0.117. The summed E-state index contributed by atoms with van der Waals surface area (Å²) in [6.45, 7) is 12.5. The Morgan fingerprint density at radius 2 is 1.85 bits per heavy atom. The van der Waals surface area contributed by atoms with Crippen molar-refractivity contribution in [1.82, 2.24) is 15.5 Å². The van der Waals surface area contributed by atoms with E-state index in [1.54, 1.807) is 0 Å². The summed E-state index contributed by atoms with van der Waals surface area (Å²) in [7, 11) is 1.83. The number of benzene rings is 1. The molecule has 0 bridgehead atoms. The molecule has 0 radical (unpaired) electrons. The highest BCUT2D eigenvalue weighted by Gasteiger charge is 2.06. The monoisotopic (exact) mass is 376 g/mol. The lowest BCUT2D eigenvalue weighted by Crippen LogP contribution is -2.42. The minimum Gasteiger partial charge on any atom is -0.377 e. The molecule has 0 aliphatic carbocycles. The molecular formula is C22H40N4O. The zero-order chi connectivity index (χ0) is 19.7. The zero-order valence-corrected chi connectivity index (χ0v) is 17.8. The largest absolute Gasteiger partial charge is 0.377 e. The second kappa shape index (κ2) is 15.5. The van der Waals surface area contributed by atoms with E-state index in [4.69, 9.17) is 4.74 Å². The van der Waals surface area contributed by atoms with Gasteiger partial charge < -0.3 is 20.3 Å². The van der Waals surface area contributed by atoms with Crippen LogP contribution >= 0.6 is 0 Å². The molecule has 5 nitrogen and oxygen atoms in total. The van der Waals surface area contributed by atoms with Crippen molar-refractivity contribution in [2.24, 2.45) is 4.99 Å². The summed E-state index contributed by atoms with van der Waals surface area (Å²) in [6, 6.07) is 10.8. The molecule has 154 valence electrons. The van der Waals surface area contributed by atoms with Gasteiger partial charge >= 0.3 is 0 Å². The molecule has 1 atom stereocenters. The predicted octanol–water partition coefficient (Wildman–Crippen LogP) is 3.66. The average molecular weight is 377 g/mol. The maximum Gasteiger partial charge on any atom is 0.191 e. The van der Waals surface area contributed by atoms with E-state index in [2.05, 4.69) is 53.4 Å². The molecule has 0 aliphatic rings. The van der Waals surface area contributed by atoms with Gasteiger partial charge in [-0.25, -0.2) is 0 Å². The Bertz CT molecular complexity index is 488. The molecule has 0 saturated carbocycles. The van der Waals surface area contributed by atoms with Gasteiger partial charge in [0.05, 0.1) is 6.61 Å². The molecule has 1 aromatic rings. The summed E-state index contributed by atoms with van der Waals surface area (Å²) in [4.78, 5) is 6.80. The van der Waals surface area contributed by atoms with Crippen molar-refractivity contribution in [3.8, 4) is 0 Å². The maximum absolute atomic E-state index is 5.72. The normalized spacial score (nSPS) is 13.0. The molecule has 1 unspecified atom stereocenters. The second-order valence-corrected chi connectivity index (χ2v) is 6.96. The highest BCUT2D eigenvalue weighted by atomic mass is 16.5. The van der Waals surface area contributed by atoms with Crippen molar-refractivity contribution < 1.29 is 4.74 Å². The van der Waals surface area contributed by atoms with Crippen LogP contribution in [0.25, 0.3) is 0 Å². The Morgan fingerprint density at radius 3 is 2.52 bits per heavy atom. The summed E-state index contributed by atoms with van der Waals surface area (Å²) >= 11 is 0. The third kappa shape index (κ3) is 11.7. The number of hydrogen-bond acceptors (Lipinski definition) is 3. The van der Waals surface area contributed by atoms with E-state index < -0.39 is 0 Å². The zero-order valence-electron chi connectivity index (χ0n) is 17.8. The first-order chi connectivity index (χ1) is 13.2. The SMILES string of the molecule is CCN(CC)CCCC(C)NC(=NC)NCCCCOCc1ccccc1. The van der Waals surface area contributed by atoms with Crippen LogP contribution in [0, 0.1) is 0 Å². The third-order valence-electron chi connectivity index (χ3n) is 4.73. The molecule has 27 heavy (non-hydrogen) atoms. The Balaban J connectivity index is 2.05. The molecule has 2 N–H and O–H groups in total. The lowest BCUT2D eigenvalue weighted by Gasteiger charge is -2.21. The molecular weight excluding hydrogens is 336 g/mol. The van der Waals surface area contributed by atoms with Gasteiger partial charge in [-0.3, -0.25) is 4.99 Å². The molecule has 1 aromatic carbocycles. The van der Waals surface area contributed by atoms with Gasteiger partial charge in [0.15, 0.2) is 5.96 Å².